The van der Waals surface area contributed by atoms with Gasteiger partial charge in [-0.1, -0.05) is 151 Å². The number of quaternary nitrogens is 1. The van der Waals surface area contributed by atoms with Crippen LogP contribution in [-0.2, 0) is 28.6 Å². The van der Waals surface area contributed by atoms with Crippen LogP contribution in [0.15, 0.2) is 72.9 Å². The molecular weight excluding hydrogens is 703 g/mol. The van der Waals surface area contributed by atoms with Crippen LogP contribution in [0, 0.1) is 0 Å². The number of aliphatic carboxylic acids is 1. The Kier molecular flexibility index (Phi) is 36.4. The van der Waals surface area contributed by atoms with E-state index in [4.69, 9.17) is 14.2 Å². The summed E-state index contributed by atoms with van der Waals surface area (Å²) in [4.78, 5) is 36.9. The first-order valence-electron chi connectivity index (χ1n) is 22.0. The molecule has 0 aliphatic carbocycles. The smallest absolute Gasteiger partial charge is 0.362 e. The summed E-state index contributed by atoms with van der Waals surface area (Å²) in [7, 11) is 5.50. The van der Waals surface area contributed by atoms with Crippen molar-refractivity contribution in [1.29, 1.82) is 0 Å². The number of nitrogens with zero attached hydrogens (tertiary/aromatic N) is 1. The highest BCUT2D eigenvalue weighted by atomic mass is 16.6. The molecule has 0 spiro atoms. The number of carbonyl (C=O) groups excluding carboxylic acids is 2. The number of rotatable bonds is 38. The van der Waals surface area contributed by atoms with Crippen molar-refractivity contribution in [2.45, 2.75) is 174 Å². The van der Waals surface area contributed by atoms with Gasteiger partial charge in [-0.15, -0.1) is 0 Å². The molecule has 56 heavy (non-hydrogen) atoms. The van der Waals surface area contributed by atoms with E-state index in [1.807, 2.05) is 21.1 Å². The van der Waals surface area contributed by atoms with Crippen LogP contribution in [0.4, 0.5) is 0 Å². The number of esters is 2. The van der Waals surface area contributed by atoms with Crippen LogP contribution in [0.1, 0.15) is 162 Å². The lowest BCUT2D eigenvalue weighted by molar-refractivity contribution is -0.887. The van der Waals surface area contributed by atoms with Gasteiger partial charge in [0.2, 0.25) is 0 Å². The molecule has 0 aromatic rings. The molecule has 0 aromatic heterocycles. The van der Waals surface area contributed by atoms with Crippen LogP contribution >= 0.6 is 0 Å². The van der Waals surface area contributed by atoms with E-state index in [1.54, 1.807) is 0 Å². The molecule has 0 saturated carbocycles. The largest absolute Gasteiger partial charge is 0.477 e. The fourth-order valence-electron chi connectivity index (χ4n) is 5.99. The molecule has 2 unspecified atom stereocenters. The van der Waals surface area contributed by atoms with Gasteiger partial charge >= 0.3 is 17.9 Å². The third-order valence-electron chi connectivity index (χ3n) is 9.40. The first-order chi connectivity index (χ1) is 27.1. The lowest BCUT2D eigenvalue weighted by Crippen LogP contribution is -2.50. The van der Waals surface area contributed by atoms with E-state index in [-0.39, 0.29) is 42.7 Å². The first-order valence-corrected chi connectivity index (χ1v) is 22.0. The number of likely N-dealkylation sites (N-methyl/N-ethyl adjacent to an activating group) is 1. The molecule has 2 atom stereocenters. The molecule has 0 saturated heterocycles. The second-order valence-corrected chi connectivity index (χ2v) is 15.6. The van der Waals surface area contributed by atoms with Gasteiger partial charge in [0.25, 0.3) is 0 Å². The molecule has 0 aromatic carbocycles. The van der Waals surface area contributed by atoms with Crippen molar-refractivity contribution in [3.05, 3.63) is 72.9 Å². The predicted octanol–water partition coefficient (Wildman–Crippen LogP) is 12.0. The van der Waals surface area contributed by atoms with Crippen LogP contribution in [-0.4, -0.2) is 80.6 Å². The zero-order valence-corrected chi connectivity index (χ0v) is 36.3. The first kappa shape index (κ1) is 52.8. The van der Waals surface area contributed by atoms with E-state index >= 15 is 0 Å². The third-order valence-corrected chi connectivity index (χ3v) is 9.40. The fraction of sp³-hybridized carbons (Fsp3) is 0.688. The van der Waals surface area contributed by atoms with E-state index in [0.29, 0.717) is 19.3 Å². The van der Waals surface area contributed by atoms with Gasteiger partial charge in [0, 0.05) is 19.3 Å². The van der Waals surface area contributed by atoms with Crippen molar-refractivity contribution in [2.24, 2.45) is 0 Å². The number of hydrogen-bond donors (Lipinski definition) is 1. The Balaban J connectivity index is 4.46. The van der Waals surface area contributed by atoms with Crippen molar-refractivity contribution in [1.82, 2.24) is 0 Å². The molecule has 0 fully saturated rings. The number of ether oxygens (including phenoxy) is 3. The maximum absolute atomic E-state index is 12.7. The molecule has 0 aliphatic rings. The van der Waals surface area contributed by atoms with Gasteiger partial charge in [-0.05, 0) is 64.2 Å². The topological polar surface area (TPSA) is 99.1 Å². The molecule has 0 bridgehead atoms. The van der Waals surface area contributed by atoms with Crippen LogP contribution in [0.2, 0.25) is 0 Å². The van der Waals surface area contributed by atoms with Crippen molar-refractivity contribution in [3.8, 4) is 0 Å². The quantitative estimate of drug-likeness (QED) is 0.0219. The standard InChI is InChI=1S/C48H81NO7/c1-6-8-10-12-14-16-18-20-22-23-25-26-28-30-32-34-36-38-46(50)55-43-44(42-54-41-40-45(48(52)53)49(3,4)5)56-47(51)39-37-35-33-31-29-27-24-21-19-17-15-13-11-9-7-2/h9,11,13,15,17,19-20,22,25-26,30,32,44-45H,6-8,10,12,14,16,18,21,23-24,27-29,31,33-43H2,1-5H3/p+1/b11-9+,15-13+,19-17+,22-20+,26-25+,32-30+. The zero-order valence-electron chi connectivity index (χ0n) is 36.3. The SMILES string of the molecule is CC/C=C/C=C/C=C/CCCCCCCCCC(=O)OC(COCCC(C(=O)O)[N+](C)(C)C)COC(=O)CCC/C=C/C/C=C/C/C=C/CCCCCCCC. The molecule has 8 nitrogen and oxygen atoms in total. The van der Waals surface area contributed by atoms with Gasteiger partial charge in [0.1, 0.15) is 6.61 Å². The van der Waals surface area contributed by atoms with Gasteiger partial charge in [0.15, 0.2) is 12.1 Å². The van der Waals surface area contributed by atoms with Gasteiger partial charge in [0.05, 0.1) is 34.4 Å². The van der Waals surface area contributed by atoms with E-state index in [0.717, 1.165) is 57.8 Å². The molecule has 0 heterocycles. The second kappa shape index (κ2) is 38.6. The molecule has 0 radical (unpaired) electrons. The van der Waals surface area contributed by atoms with Gasteiger partial charge in [-0.25, -0.2) is 4.79 Å². The Morgan fingerprint density at radius 1 is 0.571 bits per heavy atom. The zero-order chi connectivity index (χ0) is 41.4. The lowest BCUT2D eigenvalue weighted by Gasteiger charge is -2.31. The number of unbranched alkanes of at least 4 members (excludes halogenated alkanes) is 14. The summed E-state index contributed by atoms with van der Waals surface area (Å²) >= 11 is 0. The van der Waals surface area contributed by atoms with Crippen LogP contribution in [0.25, 0.3) is 0 Å². The van der Waals surface area contributed by atoms with E-state index in [1.165, 1.54) is 64.2 Å². The van der Waals surface area contributed by atoms with Crippen molar-refractivity contribution < 1.29 is 38.2 Å². The maximum Gasteiger partial charge on any atom is 0.362 e. The molecular formula is C48H82NO7+. The fourth-order valence-corrected chi connectivity index (χ4v) is 5.99. The Morgan fingerprint density at radius 3 is 1.68 bits per heavy atom. The minimum atomic E-state index is -0.887. The van der Waals surface area contributed by atoms with Crippen LogP contribution in [0.5, 0.6) is 0 Å². The molecule has 320 valence electrons. The summed E-state index contributed by atoms with van der Waals surface area (Å²) < 4.78 is 17.2. The number of carboxylic acid groups (broad SMARTS) is 1. The summed E-state index contributed by atoms with van der Waals surface area (Å²) in [6, 6.07) is -0.627. The second-order valence-electron chi connectivity index (χ2n) is 15.6. The monoisotopic (exact) mass is 785 g/mol. The lowest BCUT2D eigenvalue weighted by atomic mass is 10.1. The van der Waals surface area contributed by atoms with Crippen molar-refractivity contribution in [3.63, 3.8) is 0 Å². The summed E-state index contributed by atoms with van der Waals surface area (Å²) in [6.45, 7) is 4.52. The van der Waals surface area contributed by atoms with Crippen LogP contribution in [0.3, 0.4) is 0 Å². The molecule has 0 rings (SSSR count). The summed E-state index contributed by atoms with van der Waals surface area (Å²) in [5.41, 5.74) is 0. The Hall–Kier alpha value is -3.23. The minimum Gasteiger partial charge on any atom is -0.477 e. The molecule has 1 N–H and O–H groups in total. The number of allylic oxidation sites excluding steroid dienone is 12. The van der Waals surface area contributed by atoms with E-state index in [9.17, 15) is 19.5 Å². The Morgan fingerprint density at radius 2 is 1.09 bits per heavy atom. The van der Waals surface area contributed by atoms with Gasteiger partial charge in [-0.2, -0.15) is 0 Å². The maximum atomic E-state index is 12.7. The number of carbonyl (C=O) groups is 3. The Labute approximate surface area is 342 Å². The average Bonchev–Trinajstić information content (AvgIpc) is 3.15. The normalized spacial score (nSPS) is 13.7. The van der Waals surface area contributed by atoms with E-state index < -0.39 is 18.1 Å². The highest BCUT2D eigenvalue weighted by Gasteiger charge is 2.31. The average molecular weight is 785 g/mol. The highest BCUT2D eigenvalue weighted by molar-refractivity contribution is 5.72. The molecule has 0 amide bonds. The highest BCUT2D eigenvalue weighted by Crippen LogP contribution is 2.13. The summed E-state index contributed by atoms with van der Waals surface area (Å²) in [6.07, 6.45) is 48.1. The van der Waals surface area contributed by atoms with Gasteiger partial charge < -0.3 is 23.8 Å². The predicted molar refractivity (Wildman–Crippen MR) is 233 cm³/mol. The van der Waals surface area contributed by atoms with Crippen molar-refractivity contribution in [2.75, 3.05) is 41.0 Å². The summed E-state index contributed by atoms with van der Waals surface area (Å²) in [5, 5.41) is 9.61. The van der Waals surface area contributed by atoms with E-state index in [2.05, 4.69) is 86.8 Å². The molecule has 0 aliphatic heterocycles. The minimum absolute atomic E-state index is 0.0368. The van der Waals surface area contributed by atoms with Crippen LogP contribution < -0.4 is 0 Å². The Bertz CT molecular complexity index is 1140. The summed E-state index contributed by atoms with van der Waals surface area (Å²) in [5.74, 6) is -1.56. The molecule has 8 heteroatoms. The van der Waals surface area contributed by atoms with Gasteiger partial charge in [-0.3, -0.25) is 9.59 Å². The third kappa shape index (κ3) is 36.4. The number of carboxylic acids is 1. The number of hydrogen-bond acceptors (Lipinski definition) is 6. The van der Waals surface area contributed by atoms with Crippen molar-refractivity contribution >= 4 is 17.9 Å².